The van der Waals surface area contributed by atoms with Gasteiger partial charge in [0.15, 0.2) is 16.8 Å². The molecule has 1 aliphatic rings. The number of imidazole rings is 1. The first-order chi connectivity index (χ1) is 16.3. The second-order valence-electron chi connectivity index (χ2n) is 7.44. The van der Waals surface area contributed by atoms with E-state index in [1.807, 2.05) is 0 Å². The van der Waals surface area contributed by atoms with Gasteiger partial charge in [-0.3, -0.25) is 9.62 Å². The van der Waals surface area contributed by atoms with Gasteiger partial charge in [-0.1, -0.05) is 23.9 Å². The van der Waals surface area contributed by atoms with E-state index in [2.05, 4.69) is 29.6 Å². The minimum absolute atomic E-state index is 0.0222. The van der Waals surface area contributed by atoms with Gasteiger partial charge in [-0.05, 0) is 6.07 Å². The van der Waals surface area contributed by atoms with Gasteiger partial charge in [-0.25, -0.2) is 18.7 Å². The van der Waals surface area contributed by atoms with Gasteiger partial charge in [0, 0.05) is 62.0 Å². The summed E-state index contributed by atoms with van der Waals surface area (Å²) in [5.74, 6) is -1.66. The SMILES string of the molecule is COc1cc(NS(=O)(=O)N2CCN(Cc3cnc[nH]3)CC2)nc(SCc2cccc(F)c2F)n1. The average Bonchev–Trinajstić information content (AvgIpc) is 3.33. The van der Waals surface area contributed by atoms with Crippen LogP contribution in [0.3, 0.4) is 0 Å². The Labute approximate surface area is 199 Å². The average molecular weight is 512 g/mol. The lowest BCUT2D eigenvalue weighted by Crippen LogP contribution is -2.49. The van der Waals surface area contributed by atoms with Crippen molar-refractivity contribution in [1.29, 1.82) is 0 Å². The van der Waals surface area contributed by atoms with Crippen molar-refractivity contribution < 1.29 is 21.9 Å². The summed E-state index contributed by atoms with van der Waals surface area (Å²) >= 11 is 1.03. The maximum absolute atomic E-state index is 13.9. The van der Waals surface area contributed by atoms with Crippen LogP contribution in [-0.4, -0.2) is 70.8 Å². The Morgan fingerprint density at radius 2 is 2.00 bits per heavy atom. The summed E-state index contributed by atoms with van der Waals surface area (Å²) in [6, 6.07) is 5.27. The Morgan fingerprint density at radius 1 is 1.21 bits per heavy atom. The highest BCUT2D eigenvalue weighted by Crippen LogP contribution is 2.26. The van der Waals surface area contributed by atoms with Crippen LogP contribution in [0.5, 0.6) is 5.88 Å². The number of anilines is 1. The molecule has 0 unspecified atom stereocenters. The number of aromatic amines is 1. The minimum atomic E-state index is -3.87. The molecule has 0 amide bonds. The van der Waals surface area contributed by atoms with Gasteiger partial charge >= 0.3 is 10.2 Å². The fourth-order valence-electron chi connectivity index (χ4n) is 3.36. The Bertz CT molecular complexity index is 1220. The lowest BCUT2D eigenvalue weighted by Gasteiger charge is -2.33. The molecule has 3 heterocycles. The maximum atomic E-state index is 13.9. The molecule has 10 nitrogen and oxygen atoms in total. The summed E-state index contributed by atoms with van der Waals surface area (Å²) in [5.41, 5.74) is 1.11. The van der Waals surface area contributed by atoms with Crippen LogP contribution in [0.1, 0.15) is 11.3 Å². The quantitative estimate of drug-likeness (QED) is 0.332. The number of benzene rings is 1. The number of halogens is 2. The molecule has 14 heteroatoms. The van der Waals surface area contributed by atoms with Crippen molar-refractivity contribution >= 4 is 27.8 Å². The number of ether oxygens (including phenoxy) is 1. The van der Waals surface area contributed by atoms with Crippen molar-refractivity contribution in [2.75, 3.05) is 38.0 Å². The molecular formula is C20H23F2N7O3S2. The molecule has 182 valence electrons. The van der Waals surface area contributed by atoms with Crippen molar-refractivity contribution in [2.45, 2.75) is 17.5 Å². The molecule has 34 heavy (non-hydrogen) atoms. The fraction of sp³-hybridized carbons (Fsp3) is 0.350. The third kappa shape index (κ3) is 6.00. The summed E-state index contributed by atoms with van der Waals surface area (Å²) in [6.07, 6.45) is 3.35. The molecule has 0 aliphatic carbocycles. The van der Waals surface area contributed by atoms with E-state index in [1.54, 1.807) is 12.5 Å². The van der Waals surface area contributed by atoms with Crippen molar-refractivity contribution in [3.63, 3.8) is 0 Å². The van der Waals surface area contributed by atoms with E-state index in [1.165, 1.54) is 29.6 Å². The van der Waals surface area contributed by atoms with Crippen LogP contribution in [-0.2, 0) is 22.5 Å². The zero-order valence-electron chi connectivity index (χ0n) is 18.2. The van der Waals surface area contributed by atoms with Crippen LogP contribution in [0.15, 0.2) is 41.9 Å². The molecule has 1 saturated heterocycles. The van der Waals surface area contributed by atoms with Gasteiger partial charge in [-0.2, -0.15) is 17.7 Å². The van der Waals surface area contributed by atoms with Crippen LogP contribution in [0.25, 0.3) is 0 Å². The number of H-pyrrole nitrogens is 1. The van der Waals surface area contributed by atoms with E-state index in [9.17, 15) is 17.2 Å². The van der Waals surface area contributed by atoms with Gasteiger partial charge in [-0.15, -0.1) is 0 Å². The molecule has 4 rings (SSSR count). The standard InChI is InChI=1S/C20H23F2N7O3S2/c1-32-18-9-17(25-20(26-18)33-12-14-3-2-4-16(21)19(14)22)27-34(30,31)29-7-5-28(6-8-29)11-15-10-23-13-24-15/h2-4,9-10,13H,5-8,11-12H2,1H3,(H,23,24)(H,25,26,27). The van der Waals surface area contributed by atoms with Crippen LogP contribution in [0.4, 0.5) is 14.6 Å². The second kappa shape index (κ2) is 10.6. The highest BCUT2D eigenvalue weighted by atomic mass is 32.2. The molecule has 0 atom stereocenters. The Balaban J connectivity index is 1.40. The zero-order chi connectivity index (χ0) is 24.1. The van der Waals surface area contributed by atoms with Crippen molar-refractivity contribution in [3.8, 4) is 5.88 Å². The van der Waals surface area contributed by atoms with Crippen molar-refractivity contribution in [2.24, 2.45) is 0 Å². The first-order valence-electron chi connectivity index (χ1n) is 10.3. The Hall–Kier alpha value is -2.81. The lowest BCUT2D eigenvalue weighted by atomic mass is 10.2. The highest BCUT2D eigenvalue weighted by molar-refractivity contribution is 7.98. The fourth-order valence-corrected chi connectivity index (χ4v) is 5.33. The molecule has 0 saturated carbocycles. The molecule has 0 radical (unpaired) electrons. The first-order valence-corrected chi connectivity index (χ1v) is 12.7. The van der Waals surface area contributed by atoms with E-state index < -0.39 is 21.8 Å². The topological polar surface area (TPSA) is 116 Å². The normalized spacial score (nSPS) is 15.4. The summed E-state index contributed by atoms with van der Waals surface area (Å²) in [6.45, 7) is 2.41. The van der Waals surface area contributed by atoms with Crippen LogP contribution in [0.2, 0.25) is 0 Å². The van der Waals surface area contributed by atoms with E-state index in [-0.39, 0.29) is 28.2 Å². The summed E-state index contributed by atoms with van der Waals surface area (Å²) in [4.78, 5) is 17.5. The molecule has 0 bridgehead atoms. The Kier molecular flexibility index (Phi) is 7.60. The predicted octanol–water partition coefficient (Wildman–Crippen LogP) is 2.25. The number of hydrogen-bond donors (Lipinski definition) is 2. The second-order valence-corrected chi connectivity index (χ2v) is 10.1. The molecule has 2 aromatic heterocycles. The third-order valence-corrected chi connectivity index (χ3v) is 7.54. The molecule has 1 fully saturated rings. The van der Waals surface area contributed by atoms with Gasteiger partial charge in [0.05, 0.1) is 13.4 Å². The number of hydrogen-bond acceptors (Lipinski definition) is 8. The maximum Gasteiger partial charge on any atom is 0.302 e. The van der Waals surface area contributed by atoms with Gasteiger partial charge in [0.2, 0.25) is 5.88 Å². The largest absolute Gasteiger partial charge is 0.481 e. The van der Waals surface area contributed by atoms with Crippen LogP contribution >= 0.6 is 11.8 Å². The minimum Gasteiger partial charge on any atom is -0.481 e. The first kappa shape index (κ1) is 24.3. The van der Waals surface area contributed by atoms with Gasteiger partial charge in [0.25, 0.3) is 0 Å². The Morgan fingerprint density at radius 3 is 2.71 bits per heavy atom. The number of aromatic nitrogens is 4. The molecule has 3 aromatic rings. The molecule has 1 aliphatic heterocycles. The number of nitrogens with zero attached hydrogens (tertiary/aromatic N) is 5. The number of piperazine rings is 1. The van der Waals surface area contributed by atoms with Crippen molar-refractivity contribution in [3.05, 3.63) is 59.7 Å². The monoisotopic (exact) mass is 511 g/mol. The van der Waals surface area contributed by atoms with Gasteiger partial charge in [0.1, 0.15) is 5.82 Å². The lowest BCUT2D eigenvalue weighted by molar-refractivity contribution is 0.180. The summed E-state index contributed by atoms with van der Waals surface area (Å²) in [5, 5.41) is 0.157. The number of methoxy groups -OCH3 is 1. The smallest absolute Gasteiger partial charge is 0.302 e. The zero-order valence-corrected chi connectivity index (χ0v) is 19.9. The molecule has 1 aromatic carbocycles. The molecule has 0 spiro atoms. The highest BCUT2D eigenvalue weighted by Gasteiger charge is 2.28. The van der Waals surface area contributed by atoms with Gasteiger partial charge < -0.3 is 9.72 Å². The van der Waals surface area contributed by atoms with E-state index >= 15 is 0 Å². The molecule has 2 N–H and O–H groups in total. The van der Waals surface area contributed by atoms with Crippen molar-refractivity contribution in [1.82, 2.24) is 29.1 Å². The van der Waals surface area contributed by atoms with E-state index in [4.69, 9.17) is 4.74 Å². The summed E-state index contributed by atoms with van der Waals surface area (Å²) < 4.78 is 62.2. The molecular weight excluding hydrogens is 488 g/mol. The van der Waals surface area contributed by atoms with E-state index in [0.717, 1.165) is 23.5 Å². The van der Waals surface area contributed by atoms with E-state index in [0.29, 0.717) is 32.7 Å². The third-order valence-electron chi connectivity index (χ3n) is 5.13. The van der Waals surface area contributed by atoms with Crippen LogP contribution in [0, 0.1) is 11.6 Å². The number of nitrogens with one attached hydrogen (secondary N) is 2. The predicted molar refractivity (Wildman–Crippen MR) is 122 cm³/mol. The number of thioether (sulfide) groups is 1. The van der Waals surface area contributed by atoms with Crippen LogP contribution < -0.4 is 9.46 Å². The number of rotatable bonds is 9. The summed E-state index contributed by atoms with van der Waals surface area (Å²) in [7, 11) is -2.48.